The molecule has 0 aromatic heterocycles. The molecule has 95 heavy (non-hydrogen) atoms. The summed E-state index contributed by atoms with van der Waals surface area (Å²) in [6.07, 6.45) is 116. The molecule has 0 aromatic carbocycles. The van der Waals surface area contributed by atoms with Crippen LogP contribution in [0.4, 0.5) is 0 Å². The lowest BCUT2D eigenvalue weighted by atomic mass is 10.0. The number of hydrogen-bond acceptors (Lipinski definition) is 8. The molecule has 0 aromatic rings. The van der Waals surface area contributed by atoms with Crippen molar-refractivity contribution in [3.05, 3.63) is 170 Å². The van der Waals surface area contributed by atoms with Crippen LogP contribution >= 0.6 is 7.82 Å². The molecular weight excluding hydrogens is 1190 g/mol. The van der Waals surface area contributed by atoms with Crippen molar-refractivity contribution in [3.63, 3.8) is 0 Å². The van der Waals surface area contributed by atoms with Crippen LogP contribution < -0.4 is 5.73 Å². The first-order valence-corrected chi connectivity index (χ1v) is 40.1. The average Bonchev–Trinajstić information content (AvgIpc) is 2.64. The van der Waals surface area contributed by atoms with Crippen LogP contribution in [-0.4, -0.2) is 49.3 Å². The maximum Gasteiger partial charge on any atom is 0.472 e. The van der Waals surface area contributed by atoms with Gasteiger partial charge in [0.15, 0.2) is 6.10 Å². The van der Waals surface area contributed by atoms with Gasteiger partial charge in [-0.2, -0.15) is 0 Å². The van der Waals surface area contributed by atoms with Gasteiger partial charge in [-0.15, -0.1) is 0 Å². The molecule has 0 saturated heterocycles. The number of phosphoric acid groups is 1. The fourth-order valence-electron chi connectivity index (χ4n) is 10.4. The molecule has 0 saturated carbocycles. The third kappa shape index (κ3) is 78.3. The van der Waals surface area contributed by atoms with E-state index in [4.69, 9.17) is 24.3 Å². The van der Waals surface area contributed by atoms with Gasteiger partial charge in [-0.05, 0) is 135 Å². The molecule has 0 amide bonds. The first kappa shape index (κ1) is 90.4. The fraction of sp³-hybridized carbons (Fsp3) is 0.647. The molecule has 0 spiro atoms. The Balaban J connectivity index is 3.94. The van der Waals surface area contributed by atoms with Crippen molar-refractivity contribution in [2.45, 2.75) is 328 Å². The number of unbranched alkanes of at least 4 members (excludes halogenated alkanes) is 30. The van der Waals surface area contributed by atoms with E-state index >= 15 is 0 Å². The molecule has 0 aliphatic heterocycles. The predicted molar refractivity (Wildman–Crippen MR) is 413 cm³/mol. The number of nitrogens with two attached hydrogens (primary N) is 1. The van der Waals surface area contributed by atoms with Crippen molar-refractivity contribution in [2.75, 3.05) is 26.4 Å². The monoisotopic (exact) mass is 1340 g/mol. The number of ether oxygens (including phenoxy) is 2. The summed E-state index contributed by atoms with van der Waals surface area (Å²) in [6.45, 7) is 3.59. The number of allylic oxidation sites excluding steroid dienone is 28. The summed E-state index contributed by atoms with van der Waals surface area (Å²) in [4.78, 5) is 35.4. The average molecular weight is 1340 g/mol. The molecule has 0 fully saturated rings. The van der Waals surface area contributed by atoms with Crippen molar-refractivity contribution in [3.8, 4) is 0 Å². The van der Waals surface area contributed by atoms with Crippen LogP contribution in [0, 0.1) is 0 Å². The minimum absolute atomic E-state index is 0.0403. The summed E-state index contributed by atoms with van der Waals surface area (Å²) < 4.78 is 33.2. The molecule has 0 aliphatic carbocycles. The predicted octanol–water partition coefficient (Wildman–Crippen LogP) is 26.1. The summed E-state index contributed by atoms with van der Waals surface area (Å²) in [5.41, 5.74) is 5.41. The number of carbonyl (C=O) groups excluding carboxylic acids is 2. The highest BCUT2D eigenvalue weighted by Crippen LogP contribution is 2.43. The summed E-state index contributed by atoms with van der Waals surface area (Å²) in [6, 6.07) is 0. The van der Waals surface area contributed by atoms with E-state index in [0.29, 0.717) is 6.42 Å². The van der Waals surface area contributed by atoms with E-state index in [1.54, 1.807) is 0 Å². The molecule has 540 valence electrons. The second-order valence-electron chi connectivity index (χ2n) is 25.1. The SMILES string of the molecule is CC/C=C\C/C=C\C/C=C\C/C=C\C/C=C\C/C=C\C/C=C\C/C=C\C/C=C\C/C=C\C/C=C\CCCCCC(=O)OC(COC(=O)CCCCCCCCCCCCCCCCCCCCCCCC/C=C\C/C=C\C/C=C\CCCCCCC)COP(=O)(O)OCCN. The molecular formula is C85H142NO8P. The molecule has 3 N–H and O–H groups in total. The van der Waals surface area contributed by atoms with Crippen LogP contribution in [0.15, 0.2) is 170 Å². The van der Waals surface area contributed by atoms with Crippen LogP contribution in [0.1, 0.15) is 322 Å². The maximum atomic E-state index is 12.8. The van der Waals surface area contributed by atoms with E-state index in [9.17, 15) is 19.0 Å². The summed E-state index contributed by atoms with van der Waals surface area (Å²) in [7, 11) is -4.42. The van der Waals surface area contributed by atoms with Gasteiger partial charge in [0.25, 0.3) is 0 Å². The van der Waals surface area contributed by atoms with Crippen molar-refractivity contribution in [2.24, 2.45) is 5.73 Å². The van der Waals surface area contributed by atoms with Gasteiger partial charge in [-0.3, -0.25) is 18.6 Å². The summed E-state index contributed by atoms with van der Waals surface area (Å²) in [5.74, 6) is -0.867. The van der Waals surface area contributed by atoms with Crippen molar-refractivity contribution in [1.29, 1.82) is 0 Å². The molecule has 0 rings (SSSR count). The molecule has 0 aliphatic rings. The summed E-state index contributed by atoms with van der Waals surface area (Å²) >= 11 is 0. The van der Waals surface area contributed by atoms with Gasteiger partial charge >= 0.3 is 19.8 Å². The highest BCUT2D eigenvalue weighted by Gasteiger charge is 2.26. The lowest BCUT2D eigenvalue weighted by molar-refractivity contribution is -0.161. The Bertz CT molecular complexity index is 2170. The Kier molecular flexibility index (Phi) is 74.5. The third-order valence-corrected chi connectivity index (χ3v) is 17.1. The quantitative estimate of drug-likeness (QED) is 0.0264. The lowest BCUT2D eigenvalue weighted by Gasteiger charge is -2.19. The number of esters is 2. The van der Waals surface area contributed by atoms with Crippen LogP contribution in [0.2, 0.25) is 0 Å². The van der Waals surface area contributed by atoms with E-state index < -0.39 is 32.5 Å². The largest absolute Gasteiger partial charge is 0.472 e. The van der Waals surface area contributed by atoms with E-state index in [-0.39, 0.29) is 32.6 Å². The van der Waals surface area contributed by atoms with Crippen LogP contribution in [0.3, 0.4) is 0 Å². The first-order valence-electron chi connectivity index (χ1n) is 38.6. The van der Waals surface area contributed by atoms with Crippen LogP contribution in [0.25, 0.3) is 0 Å². The highest BCUT2D eigenvalue weighted by molar-refractivity contribution is 7.47. The standard InChI is InChI=1S/C85H142NO8P/c1-3-5-7-9-11-13-15-17-19-21-23-25-27-29-31-33-35-37-39-41-43-45-47-49-51-53-55-57-59-61-63-65-67-69-71-73-75-77-84(87)91-81-83(82-93-95(89,90)92-80-79-86)94-85(88)78-76-74-72-70-68-66-64-62-60-58-56-54-52-50-48-46-44-42-40-38-36-34-32-30-28-26-24-22-20-18-16-14-12-10-8-6-4-2/h6,8,12,14-15,17-18,20-21,23-24,26-27,29-30,32,36,38,42,44,48,50,54,56,60,62,66,68,83H,3-5,7,9-11,13,16,19,22,25,28,31,33-35,37,39-41,43,45-47,49,51-53,55,57-59,61,63-65,67,69-82,86H2,1-2H3,(H,89,90)/b8-6-,14-12-,17-15-,20-18-,23-21-,26-24-,29-27-,32-30-,38-36-,44-42-,50-48-,56-54-,62-60-,68-66-. The Morgan fingerprint density at radius 2 is 0.579 bits per heavy atom. The molecule has 2 unspecified atom stereocenters. The molecule has 0 radical (unpaired) electrons. The van der Waals surface area contributed by atoms with Gasteiger partial charge in [0.1, 0.15) is 6.61 Å². The molecule has 9 nitrogen and oxygen atoms in total. The lowest BCUT2D eigenvalue weighted by Crippen LogP contribution is -2.29. The van der Waals surface area contributed by atoms with E-state index in [1.807, 2.05) is 0 Å². The van der Waals surface area contributed by atoms with Gasteiger partial charge in [0.05, 0.1) is 13.2 Å². The van der Waals surface area contributed by atoms with Gasteiger partial charge in [-0.25, -0.2) is 4.57 Å². The van der Waals surface area contributed by atoms with Crippen molar-refractivity contribution in [1.82, 2.24) is 0 Å². The molecule has 0 bridgehead atoms. The summed E-state index contributed by atoms with van der Waals surface area (Å²) in [5, 5.41) is 0. The number of phosphoric ester groups is 1. The van der Waals surface area contributed by atoms with Crippen LogP contribution in [0.5, 0.6) is 0 Å². The Labute approximate surface area is 584 Å². The zero-order valence-electron chi connectivity index (χ0n) is 60.8. The minimum atomic E-state index is -4.42. The second kappa shape index (κ2) is 78.4. The zero-order chi connectivity index (χ0) is 68.6. The minimum Gasteiger partial charge on any atom is -0.462 e. The highest BCUT2D eigenvalue weighted by atomic mass is 31.2. The van der Waals surface area contributed by atoms with Gasteiger partial charge in [0.2, 0.25) is 0 Å². The van der Waals surface area contributed by atoms with E-state index in [0.717, 1.165) is 122 Å². The number of rotatable bonds is 71. The Morgan fingerprint density at radius 1 is 0.326 bits per heavy atom. The Hall–Kier alpha value is -4.63. The Morgan fingerprint density at radius 3 is 0.874 bits per heavy atom. The third-order valence-electron chi connectivity index (χ3n) is 16.1. The number of hydrogen-bond donors (Lipinski definition) is 2. The zero-order valence-corrected chi connectivity index (χ0v) is 61.7. The molecule has 10 heteroatoms. The normalized spacial score (nSPS) is 13.9. The number of carbonyl (C=O) groups is 2. The topological polar surface area (TPSA) is 134 Å². The second-order valence-corrected chi connectivity index (χ2v) is 26.6. The van der Waals surface area contributed by atoms with Crippen LogP contribution in [-0.2, 0) is 32.7 Å². The molecule has 0 heterocycles. The van der Waals surface area contributed by atoms with Gasteiger partial charge in [0, 0.05) is 19.4 Å². The maximum absolute atomic E-state index is 12.8. The molecule has 2 atom stereocenters. The van der Waals surface area contributed by atoms with Crippen molar-refractivity contribution >= 4 is 19.8 Å². The van der Waals surface area contributed by atoms with Gasteiger partial charge in [-0.1, -0.05) is 344 Å². The van der Waals surface area contributed by atoms with E-state index in [1.165, 1.54) is 167 Å². The van der Waals surface area contributed by atoms with E-state index in [2.05, 4.69) is 184 Å². The fourth-order valence-corrected chi connectivity index (χ4v) is 11.2. The first-order chi connectivity index (χ1) is 46.8. The van der Waals surface area contributed by atoms with Gasteiger partial charge < -0.3 is 20.1 Å². The van der Waals surface area contributed by atoms with Crippen molar-refractivity contribution < 1.29 is 37.6 Å². The smallest absolute Gasteiger partial charge is 0.462 e.